The van der Waals surface area contributed by atoms with E-state index < -0.39 is 0 Å². The van der Waals surface area contributed by atoms with Gasteiger partial charge in [-0.1, -0.05) is 12.1 Å². The van der Waals surface area contributed by atoms with Crippen molar-refractivity contribution in [2.45, 2.75) is 40.0 Å². The van der Waals surface area contributed by atoms with Gasteiger partial charge in [0.2, 0.25) is 0 Å². The smallest absolute Gasteiger partial charge is 0.158 e. The number of nitrogens with one attached hydrogen (secondary N) is 1. The summed E-state index contributed by atoms with van der Waals surface area (Å²) in [6.07, 6.45) is 0.750. The van der Waals surface area contributed by atoms with E-state index in [1.54, 1.807) is 0 Å². The van der Waals surface area contributed by atoms with Crippen LogP contribution in [-0.2, 0) is 16.0 Å². The quantitative estimate of drug-likeness (QED) is 0.500. The third-order valence-electron chi connectivity index (χ3n) is 2.80. The normalized spacial score (nSPS) is 11.0. The summed E-state index contributed by atoms with van der Waals surface area (Å²) in [6.45, 7) is 9.71. The van der Waals surface area contributed by atoms with Gasteiger partial charge >= 0.3 is 0 Å². The van der Waals surface area contributed by atoms with Crippen molar-refractivity contribution >= 4 is 0 Å². The van der Waals surface area contributed by atoms with Gasteiger partial charge in [0.25, 0.3) is 0 Å². The zero-order valence-corrected chi connectivity index (χ0v) is 12.9. The molecule has 0 aliphatic carbocycles. The van der Waals surface area contributed by atoms with Crippen molar-refractivity contribution in [1.29, 1.82) is 0 Å². The first kappa shape index (κ1) is 17.0. The lowest BCUT2D eigenvalue weighted by atomic mass is 10.2. The number of hydrogen-bond acceptors (Lipinski definition) is 4. The van der Waals surface area contributed by atoms with Gasteiger partial charge in [-0.2, -0.15) is 0 Å². The van der Waals surface area contributed by atoms with Crippen LogP contribution in [0.15, 0.2) is 24.3 Å². The predicted octanol–water partition coefficient (Wildman–Crippen LogP) is 2.96. The molecule has 0 aliphatic rings. The largest absolute Gasteiger partial charge is 0.494 e. The van der Waals surface area contributed by atoms with Crippen molar-refractivity contribution in [2.75, 3.05) is 26.4 Å². The van der Waals surface area contributed by atoms with Crippen molar-refractivity contribution in [1.82, 2.24) is 5.32 Å². The van der Waals surface area contributed by atoms with Gasteiger partial charge in [-0.15, -0.1) is 0 Å². The van der Waals surface area contributed by atoms with E-state index in [-0.39, 0.29) is 6.29 Å². The Morgan fingerprint density at radius 2 is 1.80 bits per heavy atom. The second-order valence-electron chi connectivity index (χ2n) is 4.39. The van der Waals surface area contributed by atoms with Crippen LogP contribution in [0.4, 0.5) is 0 Å². The summed E-state index contributed by atoms with van der Waals surface area (Å²) in [5.41, 5.74) is 1.22. The molecule has 1 aromatic rings. The lowest BCUT2D eigenvalue weighted by Crippen LogP contribution is -2.24. The monoisotopic (exact) mass is 281 g/mol. The molecule has 0 saturated carbocycles. The maximum Gasteiger partial charge on any atom is 0.158 e. The summed E-state index contributed by atoms with van der Waals surface area (Å²) in [5, 5.41) is 3.40. The van der Waals surface area contributed by atoms with Crippen molar-refractivity contribution in [3.05, 3.63) is 29.8 Å². The molecule has 0 bridgehead atoms. The molecule has 1 aromatic carbocycles. The van der Waals surface area contributed by atoms with Crippen molar-refractivity contribution in [2.24, 2.45) is 0 Å². The number of benzene rings is 1. The highest BCUT2D eigenvalue weighted by molar-refractivity contribution is 5.28. The minimum absolute atomic E-state index is 0.104. The molecule has 0 heterocycles. The molecule has 114 valence electrons. The minimum atomic E-state index is -0.104. The maximum atomic E-state index is 5.50. The highest BCUT2D eigenvalue weighted by Crippen LogP contribution is 2.13. The van der Waals surface area contributed by atoms with Crippen LogP contribution in [-0.4, -0.2) is 32.7 Å². The summed E-state index contributed by atoms with van der Waals surface area (Å²) in [6, 6.07) is 8.16. The van der Waals surface area contributed by atoms with Gasteiger partial charge in [-0.3, -0.25) is 0 Å². The fourth-order valence-corrected chi connectivity index (χ4v) is 1.95. The van der Waals surface area contributed by atoms with Crippen LogP contribution in [0.1, 0.15) is 32.8 Å². The SMILES string of the molecule is CCOc1cccc(CNCCC(OCC)OCC)c1. The lowest BCUT2D eigenvalue weighted by molar-refractivity contribution is -0.138. The summed E-state index contributed by atoms with van der Waals surface area (Å²) in [5.74, 6) is 0.924. The van der Waals surface area contributed by atoms with E-state index in [4.69, 9.17) is 14.2 Å². The van der Waals surface area contributed by atoms with E-state index >= 15 is 0 Å². The first-order chi connectivity index (χ1) is 9.80. The Balaban J connectivity index is 2.27. The molecule has 0 aromatic heterocycles. The van der Waals surface area contributed by atoms with Crippen LogP contribution in [0, 0.1) is 0 Å². The van der Waals surface area contributed by atoms with E-state index in [0.717, 1.165) is 25.3 Å². The zero-order chi connectivity index (χ0) is 14.6. The highest BCUT2D eigenvalue weighted by atomic mass is 16.7. The second-order valence-corrected chi connectivity index (χ2v) is 4.39. The van der Waals surface area contributed by atoms with Crippen molar-refractivity contribution in [3.63, 3.8) is 0 Å². The Hall–Kier alpha value is -1.10. The Kier molecular flexibility index (Phi) is 9.04. The molecule has 0 atom stereocenters. The average Bonchev–Trinajstić information content (AvgIpc) is 2.45. The topological polar surface area (TPSA) is 39.7 Å². The van der Waals surface area contributed by atoms with Gasteiger partial charge < -0.3 is 19.5 Å². The summed E-state index contributed by atoms with van der Waals surface area (Å²) < 4.78 is 16.5. The molecule has 4 heteroatoms. The van der Waals surface area contributed by atoms with E-state index in [2.05, 4.69) is 17.4 Å². The maximum absolute atomic E-state index is 5.50. The van der Waals surface area contributed by atoms with E-state index in [1.807, 2.05) is 32.9 Å². The van der Waals surface area contributed by atoms with E-state index in [0.29, 0.717) is 19.8 Å². The molecule has 1 N–H and O–H groups in total. The van der Waals surface area contributed by atoms with Gasteiger partial charge in [0.05, 0.1) is 6.61 Å². The van der Waals surface area contributed by atoms with E-state index in [1.165, 1.54) is 5.56 Å². The van der Waals surface area contributed by atoms with Crippen molar-refractivity contribution in [3.8, 4) is 5.75 Å². The molecular weight excluding hydrogens is 254 g/mol. The molecule has 4 nitrogen and oxygen atoms in total. The van der Waals surface area contributed by atoms with Crippen LogP contribution in [0.5, 0.6) is 5.75 Å². The van der Waals surface area contributed by atoms with Gasteiger partial charge in [0, 0.05) is 32.7 Å². The molecule has 0 saturated heterocycles. The lowest BCUT2D eigenvalue weighted by Gasteiger charge is -2.17. The highest BCUT2D eigenvalue weighted by Gasteiger charge is 2.06. The number of hydrogen-bond donors (Lipinski definition) is 1. The second kappa shape index (κ2) is 10.7. The van der Waals surface area contributed by atoms with Gasteiger partial charge in [-0.25, -0.2) is 0 Å². The van der Waals surface area contributed by atoms with Crippen LogP contribution in [0.3, 0.4) is 0 Å². The third-order valence-corrected chi connectivity index (χ3v) is 2.80. The Morgan fingerprint density at radius 1 is 1.05 bits per heavy atom. The summed E-state index contributed by atoms with van der Waals surface area (Å²) >= 11 is 0. The van der Waals surface area contributed by atoms with Crippen LogP contribution in [0.2, 0.25) is 0 Å². The molecule has 0 radical (unpaired) electrons. The number of rotatable bonds is 11. The number of ether oxygens (including phenoxy) is 3. The van der Waals surface area contributed by atoms with Crippen molar-refractivity contribution < 1.29 is 14.2 Å². The summed E-state index contributed by atoms with van der Waals surface area (Å²) in [4.78, 5) is 0. The molecule has 0 fully saturated rings. The Morgan fingerprint density at radius 3 is 2.45 bits per heavy atom. The Labute approximate surface area is 122 Å². The zero-order valence-electron chi connectivity index (χ0n) is 12.9. The third kappa shape index (κ3) is 6.89. The molecule has 20 heavy (non-hydrogen) atoms. The fraction of sp³-hybridized carbons (Fsp3) is 0.625. The molecular formula is C16H27NO3. The Bertz CT molecular complexity index is 351. The first-order valence-corrected chi connectivity index (χ1v) is 7.45. The fourth-order valence-electron chi connectivity index (χ4n) is 1.95. The molecule has 1 rings (SSSR count). The predicted molar refractivity (Wildman–Crippen MR) is 81.0 cm³/mol. The van der Waals surface area contributed by atoms with Gasteiger partial charge in [0.1, 0.15) is 5.75 Å². The van der Waals surface area contributed by atoms with E-state index in [9.17, 15) is 0 Å². The molecule has 0 unspecified atom stereocenters. The van der Waals surface area contributed by atoms with Crippen LogP contribution < -0.4 is 10.1 Å². The minimum Gasteiger partial charge on any atom is -0.494 e. The van der Waals surface area contributed by atoms with Gasteiger partial charge in [0.15, 0.2) is 6.29 Å². The average molecular weight is 281 g/mol. The van der Waals surface area contributed by atoms with Gasteiger partial charge in [-0.05, 0) is 38.5 Å². The molecule has 0 spiro atoms. The summed E-state index contributed by atoms with van der Waals surface area (Å²) in [7, 11) is 0. The standard InChI is InChI=1S/C16H27NO3/c1-4-18-15-9-7-8-14(12-15)13-17-11-10-16(19-5-2)20-6-3/h7-9,12,16-17H,4-6,10-11,13H2,1-3H3. The molecule has 0 aliphatic heterocycles. The molecule has 0 amide bonds. The van der Waals surface area contributed by atoms with Crippen LogP contribution in [0.25, 0.3) is 0 Å². The first-order valence-electron chi connectivity index (χ1n) is 7.45. The van der Waals surface area contributed by atoms with Crippen LogP contribution >= 0.6 is 0 Å².